The van der Waals surface area contributed by atoms with Gasteiger partial charge in [0.15, 0.2) is 0 Å². The molecule has 8 heteroatoms. The summed E-state index contributed by atoms with van der Waals surface area (Å²) in [5.74, 6) is 0.960. The minimum absolute atomic E-state index is 0.00694. The summed E-state index contributed by atoms with van der Waals surface area (Å²) in [7, 11) is 9.59. The van der Waals surface area contributed by atoms with Crippen LogP contribution in [-0.2, 0) is 13.1 Å². The molecule has 0 radical (unpaired) electrons. The summed E-state index contributed by atoms with van der Waals surface area (Å²) in [5, 5.41) is 0. The second kappa shape index (κ2) is 7.31. The largest absolute Gasteiger partial charge is 0.443 e. The molecule has 3 aromatic rings. The van der Waals surface area contributed by atoms with Gasteiger partial charge in [-0.05, 0) is 12.1 Å². The number of hydrogen-bond acceptors (Lipinski definition) is 5. The van der Waals surface area contributed by atoms with E-state index >= 15 is 0 Å². The van der Waals surface area contributed by atoms with Crippen LogP contribution in [-0.4, -0.2) is 15.0 Å². The first-order valence-electron chi connectivity index (χ1n) is 4.99. The molecule has 3 rings (SSSR count). The predicted octanol–water partition coefficient (Wildman–Crippen LogP) is 3.77. The molecule has 0 fully saturated rings. The maximum absolute atomic E-state index is 5.17. The van der Waals surface area contributed by atoms with Crippen molar-refractivity contribution >= 4 is 20.2 Å². The number of aromatic nitrogens is 3. The molecular weight excluding hydrogens is 332 g/mol. The van der Waals surface area contributed by atoms with E-state index < -0.39 is 0 Å². The van der Waals surface area contributed by atoms with Crippen LogP contribution in [0.3, 0.4) is 0 Å². The van der Waals surface area contributed by atoms with Crippen LogP contribution in [0.4, 0.5) is 0 Å². The molecule has 3 aromatic heterocycles. The molecule has 0 aliphatic heterocycles. The average molecular weight is 339 g/mol. The van der Waals surface area contributed by atoms with Crippen molar-refractivity contribution in [2.45, 2.75) is 0 Å². The number of hydrogen-bond donors (Lipinski definition) is 0. The van der Waals surface area contributed by atoms with Crippen molar-refractivity contribution < 1.29 is 22.0 Å². The number of rotatable bonds is 2. The van der Waals surface area contributed by atoms with E-state index in [4.69, 9.17) is 29.0 Å². The predicted molar refractivity (Wildman–Crippen MR) is 66.9 cm³/mol. The van der Waals surface area contributed by atoms with Crippen LogP contribution in [0.1, 0.15) is 0 Å². The molecule has 0 amide bonds. The smallest absolute Gasteiger partial charge is 0.245 e. The molecule has 0 saturated carbocycles. The monoisotopic (exact) mass is 338 g/mol. The van der Waals surface area contributed by atoms with Crippen molar-refractivity contribution in [3.8, 4) is 23.2 Å². The van der Waals surface area contributed by atoms with E-state index in [1.807, 2.05) is 18.2 Å². The van der Waals surface area contributed by atoms with Crippen molar-refractivity contribution in [1.29, 1.82) is 0 Å². The van der Waals surface area contributed by atoms with E-state index in [1.165, 1.54) is 12.5 Å². The summed E-state index contributed by atoms with van der Waals surface area (Å²) >= 11 is 0.00694. The van der Waals surface area contributed by atoms with Crippen molar-refractivity contribution in [2.75, 3.05) is 0 Å². The molecule has 0 bridgehead atoms. The third kappa shape index (κ3) is 3.81. The summed E-state index contributed by atoms with van der Waals surface area (Å²) in [5.41, 5.74) is 1.31. The van der Waals surface area contributed by atoms with Gasteiger partial charge in [0, 0.05) is 0 Å². The van der Waals surface area contributed by atoms with Gasteiger partial charge in [-0.3, -0.25) is 0 Å². The van der Waals surface area contributed by atoms with E-state index in [1.54, 1.807) is 12.4 Å². The van der Waals surface area contributed by atoms with Gasteiger partial charge in [0.1, 0.15) is 23.9 Å². The van der Waals surface area contributed by atoms with E-state index in [2.05, 4.69) is 15.0 Å². The second-order valence-electron chi connectivity index (χ2n) is 3.14. The standard InChI is InChI=1S/C11H7N3O2.2ClH.Mn/c1-2-8(10-12-4-6-15-10)14-9(3-1)11-13-5-7-16-11;;;/h1-7H;2*1H;/q;;;+2/p-2. The fourth-order valence-electron chi connectivity index (χ4n) is 1.37. The Kier molecular flexibility index (Phi) is 5.42. The molecular formula is C11H7Cl2MnN3O2. The van der Waals surface area contributed by atoms with E-state index in [-0.39, 0.29) is 13.1 Å². The molecule has 0 aliphatic carbocycles. The molecule has 0 spiro atoms. The Morgan fingerprint density at radius 3 is 1.74 bits per heavy atom. The van der Waals surface area contributed by atoms with Gasteiger partial charge in [0.05, 0.1) is 12.4 Å². The van der Waals surface area contributed by atoms with Crippen LogP contribution >= 0.6 is 20.2 Å². The van der Waals surface area contributed by atoms with Gasteiger partial charge < -0.3 is 8.83 Å². The van der Waals surface area contributed by atoms with Crippen LogP contribution in [0, 0.1) is 0 Å². The number of nitrogens with zero attached hydrogens (tertiary/aromatic N) is 3. The van der Waals surface area contributed by atoms with Gasteiger partial charge >= 0.3 is 33.3 Å². The third-order valence-electron chi connectivity index (χ3n) is 2.05. The van der Waals surface area contributed by atoms with Crippen molar-refractivity contribution in [2.24, 2.45) is 0 Å². The molecule has 99 valence electrons. The molecule has 0 saturated heterocycles. The molecule has 0 aromatic carbocycles. The van der Waals surface area contributed by atoms with Gasteiger partial charge in [-0.2, -0.15) is 0 Å². The van der Waals surface area contributed by atoms with Crippen molar-refractivity contribution in [1.82, 2.24) is 15.0 Å². The fourth-order valence-corrected chi connectivity index (χ4v) is 1.37. The molecule has 3 heterocycles. The number of oxazole rings is 2. The Bertz CT molecular complexity index is 553. The normalized spacial score (nSPS) is 9.79. The molecule has 5 nitrogen and oxygen atoms in total. The van der Waals surface area contributed by atoms with Gasteiger partial charge in [-0.25, -0.2) is 15.0 Å². The van der Waals surface area contributed by atoms with Gasteiger partial charge in [-0.1, -0.05) is 6.07 Å². The average Bonchev–Trinajstić information content (AvgIpc) is 3.14. The first-order valence-corrected chi connectivity index (χ1v) is 8.24. The molecule has 19 heavy (non-hydrogen) atoms. The van der Waals surface area contributed by atoms with Crippen molar-refractivity contribution in [3.63, 3.8) is 0 Å². The topological polar surface area (TPSA) is 65.0 Å². The Labute approximate surface area is 123 Å². The van der Waals surface area contributed by atoms with Crippen molar-refractivity contribution in [3.05, 3.63) is 43.1 Å². The molecule has 0 atom stereocenters. The zero-order valence-electron chi connectivity index (χ0n) is 9.33. The van der Waals surface area contributed by atoms with E-state index in [9.17, 15) is 0 Å². The van der Waals surface area contributed by atoms with Gasteiger partial charge in [0.25, 0.3) is 0 Å². The van der Waals surface area contributed by atoms with Crippen LogP contribution in [0.15, 0.2) is 52.0 Å². The first-order chi connectivity index (χ1) is 9.35. The third-order valence-corrected chi connectivity index (χ3v) is 2.05. The fraction of sp³-hybridized carbons (Fsp3) is 0. The SMILES string of the molecule is [Cl][Mn][Cl].c1cc(-c2ncco2)nc(-c2ncco2)c1. The maximum Gasteiger partial charge on any atom is 0.245 e. The minimum Gasteiger partial charge on any atom is -0.443 e. The first kappa shape index (κ1) is 14.1. The zero-order valence-corrected chi connectivity index (χ0v) is 12.0. The Morgan fingerprint density at radius 1 is 0.895 bits per heavy atom. The van der Waals surface area contributed by atoms with Crippen LogP contribution in [0.5, 0.6) is 0 Å². The Hall–Kier alpha value is -1.33. The number of halogens is 2. The van der Waals surface area contributed by atoms with Gasteiger partial charge in [0.2, 0.25) is 11.8 Å². The quantitative estimate of drug-likeness (QED) is 0.665. The summed E-state index contributed by atoms with van der Waals surface area (Å²) in [6.45, 7) is 0. The van der Waals surface area contributed by atoms with E-state index in [0.717, 1.165) is 0 Å². The van der Waals surface area contributed by atoms with Crippen LogP contribution < -0.4 is 0 Å². The van der Waals surface area contributed by atoms with Crippen LogP contribution in [0.2, 0.25) is 0 Å². The van der Waals surface area contributed by atoms with E-state index in [0.29, 0.717) is 23.2 Å². The maximum atomic E-state index is 5.17. The molecule has 0 unspecified atom stereocenters. The molecule has 0 aliphatic rings. The summed E-state index contributed by atoms with van der Waals surface area (Å²) in [6, 6.07) is 5.49. The number of pyridine rings is 1. The summed E-state index contributed by atoms with van der Waals surface area (Å²) in [6.07, 6.45) is 6.17. The molecule has 0 N–H and O–H groups in total. The summed E-state index contributed by atoms with van der Waals surface area (Å²) in [4.78, 5) is 12.4. The summed E-state index contributed by atoms with van der Waals surface area (Å²) < 4.78 is 10.3. The second-order valence-corrected chi connectivity index (χ2v) is 5.09. The van der Waals surface area contributed by atoms with Gasteiger partial charge in [-0.15, -0.1) is 0 Å². The van der Waals surface area contributed by atoms with Crippen LogP contribution in [0.25, 0.3) is 23.2 Å². The Morgan fingerprint density at radius 2 is 1.37 bits per heavy atom. The Balaban J connectivity index is 0.000000408. The minimum atomic E-state index is 0.00694. The zero-order chi connectivity index (χ0) is 13.5.